The highest BCUT2D eigenvalue weighted by molar-refractivity contribution is 5.89. The number of rotatable bonds is 6. The highest BCUT2D eigenvalue weighted by atomic mass is 16.3. The number of carbonyl (C=O) groups is 1. The number of aliphatic hydroxyl groups is 1. The number of carbonyl (C=O) groups excluding carboxylic acids is 1. The molecular formula is C15H25N3O3. The van der Waals surface area contributed by atoms with E-state index in [2.05, 4.69) is 10.6 Å². The van der Waals surface area contributed by atoms with Crippen LogP contribution in [0.25, 0.3) is 0 Å². The second-order valence-electron chi connectivity index (χ2n) is 5.30. The molecule has 0 aliphatic rings. The first-order valence-corrected chi connectivity index (χ1v) is 7.29. The van der Waals surface area contributed by atoms with Crippen LogP contribution >= 0.6 is 0 Å². The van der Waals surface area contributed by atoms with E-state index in [9.17, 15) is 14.7 Å². The van der Waals surface area contributed by atoms with Crippen molar-refractivity contribution in [3.63, 3.8) is 0 Å². The fourth-order valence-corrected chi connectivity index (χ4v) is 2.22. The number of aryl methyl sites for hydroxylation is 2. The molecule has 3 N–H and O–H groups in total. The Morgan fingerprint density at radius 1 is 1.38 bits per heavy atom. The fourth-order valence-electron chi connectivity index (χ4n) is 2.22. The quantitative estimate of drug-likeness (QED) is 0.745. The lowest BCUT2D eigenvalue weighted by Crippen LogP contribution is -2.38. The maximum absolute atomic E-state index is 11.8. The van der Waals surface area contributed by atoms with Crippen molar-refractivity contribution in [3.8, 4) is 0 Å². The van der Waals surface area contributed by atoms with Crippen molar-refractivity contribution in [1.29, 1.82) is 0 Å². The second kappa shape index (κ2) is 7.83. The van der Waals surface area contributed by atoms with Crippen LogP contribution in [0.5, 0.6) is 0 Å². The molecule has 1 aromatic rings. The molecule has 0 aromatic carbocycles. The third-order valence-electron chi connectivity index (χ3n) is 3.75. The molecule has 1 rings (SSSR count). The molecule has 6 heteroatoms. The number of urea groups is 1. The van der Waals surface area contributed by atoms with E-state index in [1.807, 2.05) is 13.8 Å². The van der Waals surface area contributed by atoms with Gasteiger partial charge in [0.15, 0.2) is 0 Å². The van der Waals surface area contributed by atoms with Gasteiger partial charge in [0, 0.05) is 25.9 Å². The molecule has 1 heterocycles. The predicted molar refractivity (Wildman–Crippen MR) is 83.5 cm³/mol. The molecule has 0 aliphatic carbocycles. The van der Waals surface area contributed by atoms with Crippen molar-refractivity contribution in [2.75, 3.05) is 11.9 Å². The molecule has 0 saturated heterocycles. The molecule has 0 spiro atoms. The van der Waals surface area contributed by atoms with Crippen LogP contribution in [0.15, 0.2) is 17.1 Å². The summed E-state index contributed by atoms with van der Waals surface area (Å²) in [5, 5.41) is 15.3. The standard InChI is InChI=1S/C15H25N3O3/c1-5-11(6-2)13(19)8-16-15(21)17-12-9-18(4)14(20)7-10(12)3/h7,9,11,13,19H,5-6,8H2,1-4H3,(H2,16,17,21). The van der Waals surface area contributed by atoms with E-state index in [0.717, 1.165) is 12.8 Å². The lowest BCUT2D eigenvalue weighted by molar-refractivity contribution is 0.104. The Bertz CT molecular complexity index is 535. The number of aliphatic hydroxyl groups excluding tert-OH is 1. The van der Waals surface area contributed by atoms with Crippen molar-refractivity contribution in [2.45, 2.75) is 39.7 Å². The molecule has 0 bridgehead atoms. The topological polar surface area (TPSA) is 83.4 Å². The Kier molecular flexibility index (Phi) is 6.42. The maximum atomic E-state index is 11.8. The smallest absolute Gasteiger partial charge is 0.319 e. The van der Waals surface area contributed by atoms with E-state index in [1.54, 1.807) is 20.2 Å². The van der Waals surface area contributed by atoms with Gasteiger partial charge < -0.3 is 20.3 Å². The van der Waals surface area contributed by atoms with Gasteiger partial charge in [-0.05, 0) is 18.4 Å². The summed E-state index contributed by atoms with van der Waals surface area (Å²) in [6, 6.07) is 1.08. The minimum atomic E-state index is -0.549. The summed E-state index contributed by atoms with van der Waals surface area (Å²) in [4.78, 5) is 23.3. The maximum Gasteiger partial charge on any atom is 0.319 e. The summed E-state index contributed by atoms with van der Waals surface area (Å²) in [5.41, 5.74) is 1.16. The number of hydrogen-bond donors (Lipinski definition) is 3. The zero-order valence-electron chi connectivity index (χ0n) is 13.1. The predicted octanol–water partition coefficient (Wildman–Crippen LogP) is 1.61. The average molecular weight is 295 g/mol. The molecule has 0 saturated carbocycles. The van der Waals surface area contributed by atoms with Crippen molar-refractivity contribution in [3.05, 3.63) is 28.2 Å². The van der Waals surface area contributed by atoms with Crippen LogP contribution in [-0.2, 0) is 7.05 Å². The number of anilines is 1. The molecule has 118 valence electrons. The van der Waals surface area contributed by atoms with Crippen LogP contribution in [0.2, 0.25) is 0 Å². The van der Waals surface area contributed by atoms with Gasteiger partial charge in [-0.2, -0.15) is 0 Å². The van der Waals surface area contributed by atoms with E-state index in [-0.39, 0.29) is 24.1 Å². The highest BCUT2D eigenvalue weighted by Gasteiger charge is 2.16. The van der Waals surface area contributed by atoms with Crippen molar-refractivity contribution >= 4 is 11.7 Å². The first-order chi connectivity index (χ1) is 9.88. The summed E-state index contributed by atoms with van der Waals surface area (Å²) < 4.78 is 1.40. The Morgan fingerprint density at radius 2 is 2.00 bits per heavy atom. The summed E-state index contributed by atoms with van der Waals surface area (Å²) in [6.07, 6.45) is 2.78. The molecule has 1 unspecified atom stereocenters. The molecule has 0 radical (unpaired) electrons. The SMILES string of the molecule is CCC(CC)C(O)CNC(=O)Nc1cn(C)c(=O)cc1C. The Morgan fingerprint density at radius 3 is 2.57 bits per heavy atom. The van der Waals surface area contributed by atoms with E-state index >= 15 is 0 Å². The van der Waals surface area contributed by atoms with E-state index in [4.69, 9.17) is 0 Å². The minimum absolute atomic E-state index is 0.123. The molecule has 0 fully saturated rings. The summed E-state index contributed by atoms with van der Waals surface area (Å²) in [5.74, 6) is 0.185. The third kappa shape index (κ3) is 4.90. The third-order valence-corrected chi connectivity index (χ3v) is 3.75. The monoisotopic (exact) mass is 295 g/mol. The zero-order valence-corrected chi connectivity index (χ0v) is 13.1. The number of pyridine rings is 1. The van der Waals surface area contributed by atoms with Gasteiger partial charge in [0.25, 0.3) is 5.56 Å². The number of amides is 2. The van der Waals surface area contributed by atoms with Crippen LogP contribution in [0.3, 0.4) is 0 Å². The molecular weight excluding hydrogens is 270 g/mol. The number of hydrogen-bond acceptors (Lipinski definition) is 3. The Labute approximate surface area is 125 Å². The van der Waals surface area contributed by atoms with Gasteiger partial charge in [-0.25, -0.2) is 4.79 Å². The van der Waals surface area contributed by atoms with Crippen LogP contribution in [-0.4, -0.2) is 28.4 Å². The van der Waals surface area contributed by atoms with Crippen molar-refractivity contribution < 1.29 is 9.90 Å². The van der Waals surface area contributed by atoms with Gasteiger partial charge in [0.05, 0.1) is 11.8 Å². The average Bonchev–Trinajstić information content (AvgIpc) is 2.44. The molecule has 1 atom stereocenters. The van der Waals surface area contributed by atoms with Gasteiger partial charge >= 0.3 is 6.03 Å². The Balaban J connectivity index is 2.59. The zero-order chi connectivity index (χ0) is 16.0. The largest absolute Gasteiger partial charge is 0.391 e. The van der Waals surface area contributed by atoms with E-state index in [0.29, 0.717) is 11.3 Å². The van der Waals surface area contributed by atoms with Crippen LogP contribution in [0.4, 0.5) is 10.5 Å². The molecule has 0 aliphatic heterocycles. The van der Waals surface area contributed by atoms with Gasteiger partial charge in [-0.1, -0.05) is 26.7 Å². The minimum Gasteiger partial charge on any atom is -0.391 e. The van der Waals surface area contributed by atoms with E-state index in [1.165, 1.54) is 10.6 Å². The second-order valence-corrected chi connectivity index (χ2v) is 5.30. The fraction of sp³-hybridized carbons (Fsp3) is 0.600. The molecule has 6 nitrogen and oxygen atoms in total. The molecule has 21 heavy (non-hydrogen) atoms. The van der Waals surface area contributed by atoms with Gasteiger partial charge in [0.2, 0.25) is 0 Å². The first kappa shape index (κ1) is 17.2. The normalized spacial score (nSPS) is 12.3. The lowest BCUT2D eigenvalue weighted by atomic mass is 9.97. The first-order valence-electron chi connectivity index (χ1n) is 7.29. The van der Waals surface area contributed by atoms with Crippen molar-refractivity contribution in [2.24, 2.45) is 13.0 Å². The summed E-state index contributed by atoms with van der Waals surface area (Å²) in [7, 11) is 1.63. The summed E-state index contributed by atoms with van der Waals surface area (Å²) >= 11 is 0. The highest BCUT2D eigenvalue weighted by Crippen LogP contribution is 2.13. The van der Waals surface area contributed by atoms with E-state index < -0.39 is 6.10 Å². The van der Waals surface area contributed by atoms with Gasteiger partial charge in [-0.15, -0.1) is 0 Å². The lowest BCUT2D eigenvalue weighted by Gasteiger charge is -2.20. The number of aromatic nitrogens is 1. The summed E-state index contributed by atoms with van der Waals surface area (Å²) in [6.45, 7) is 6.01. The van der Waals surface area contributed by atoms with Crippen molar-refractivity contribution in [1.82, 2.24) is 9.88 Å². The molecule has 2 amide bonds. The Hall–Kier alpha value is -1.82. The van der Waals surface area contributed by atoms with Gasteiger partial charge in [0.1, 0.15) is 0 Å². The number of nitrogens with zero attached hydrogens (tertiary/aromatic N) is 1. The molecule has 1 aromatic heterocycles. The van der Waals surface area contributed by atoms with Crippen LogP contribution < -0.4 is 16.2 Å². The van der Waals surface area contributed by atoms with Crippen LogP contribution in [0, 0.1) is 12.8 Å². The van der Waals surface area contributed by atoms with Gasteiger partial charge in [-0.3, -0.25) is 4.79 Å². The number of nitrogens with one attached hydrogen (secondary N) is 2. The van der Waals surface area contributed by atoms with Crippen LogP contribution in [0.1, 0.15) is 32.3 Å².